The smallest absolute Gasteiger partial charge is 0.264 e. The van der Waals surface area contributed by atoms with E-state index in [1.165, 1.54) is 17.0 Å². The van der Waals surface area contributed by atoms with Crippen LogP contribution in [0.2, 0.25) is 0 Å². The average Bonchev–Trinajstić information content (AvgIpc) is 3.43. The molecule has 4 heterocycles. The van der Waals surface area contributed by atoms with E-state index < -0.39 is 0 Å². The van der Waals surface area contributed by atoms with Crippen LogP contribution >= 0.6 is 11.3 Å². The van der Waals surface area contributed by atoms with Crippen LogP contribution in [0, 0.1) is 0 Å². The van der Waals surface area contributed by atoms with Crippen LogP contribution in [-0.2, 0) is 11.8 Å². The fraction of sp³-hybridized carbons (Fsp3) is 0.500. The van der Waals surface area contributed by atoms with Crippen LogP contribution in [0.25, 0.3) is 0 Å². The highest BCUT2D eigenvalue weighted by Crippen LogP contribution is 2.31. The minimum absolute atomic E-state index is 0.0837. The number of nitrogens with zero attached hydrogens (tertiary/aromatic N) is 4. The molecule has 0 bridgehead atoms. The summed E-state index contributed by atoms with van der Waals surface area (Å²) in [6.07, 6.45) is 4.30. The maximum atomic E-state index is 12.8. The molecule has 2 aromatic rings. The minimum Gasteiger partial charge on any atom is -0.353 e. The van der Waals surface area contributed by atoms with E-state index in [1.54, 1.807) is 0 Å². The summed E-state index contributed by atoms with van der Waals surface area (Å²) in [7, 11) is 2.07. The van der Waals surface area contributed by atoms with Crippen LogP contribution in [0.4, 0.5) is 0 Å². The Kier molecular flexibility index (Phi) is 5.31. The summed E-state index contributed by atoms with van der Waals surface area (Å²) < 4.78 is 2.16. The number of hydrogen-bond acceptors (Lipinski definition) is 4. The fourth-order valence-corrected chi connectivity index (χ4v) is 4.85. The number of carbonyl (C=O) groups excluding carboxylic acids is 2. The lowest BCUT2D eigenvalue weighted by Crippen LogP contribution is -2.52. The van der Waals surface area contributed by atoms with Crippen LogP contribution < -0.4 is 0 Å². The summed E-state index contributed by atoms with van der Waals surface area (Å²) in [6.45, 7) is 3.91. The first kappa shape index (κ1) is 18.3. The van der Waals surface area contributed by atoms with E-state index in [-0.39, 0.29) is 11.8 Å². The molecule has 0 spiro atoms. The van der Waals surface area contributed by atoms with E-state index in [1.807, 2.05) is 27.3 Å². The van der Waals surface area contributed by atoms with Crippen molar-refractivity contribution in [3.8, 4) is 0 Å². The third-order valence-electron chi connectivity index (χ3n) is 5.68. The lowest BCUT2D eigenvalue weighted by molar-refractivity contribution is -0.134. The van der Waals surface area contributed by atoms with Gasteiger partial charge >= 0.3 is 0 Å². The zero-order valence-corrected chi connectivity index (χ0v) is 16.5. The Morgan fingerprint density at radius 1 is 1.07 bits per heavy atom. The average molecular weight is 387 g/mol. The van der Waals surface area contributed by atoms with E-state index >= 15 is 0 Å². The van der Waals surface area contributed by atoms with Crippen LogP contribution in [0.3, 0.4) is 0 Å². The Morgan fingerprint density at radius 2 is 1.85 bits per heavy atom. The first-order chi connectivity index (χ1) is 13.1. The van der Waals surface area contributed by atoms with Crippen molar-refractivity contribution in [3.05, 3.63) is 46.4 Å². The third-order valence-corrected chi connectivity index (χ3v) is 6.54. The second-order valence-electron chi connectivity index (χ2n) is 7.32. The molecular formula is C20H26N4O2S. The minimum atomic E-state index is 0.0837. The van der Waals surface area contributed by atoms with Gasteiger partial charge in [-0.1, -0.05) is 6.07 Å². The molecule has 0 N–H and O–H groups in total. The summed E-state index contributed by atoms with van der Waals surface area (Å²) in [6, 6.07) is 8.31. The fourth-order valence-electron chi connectivity index (χ4n) is 4.16. The Balaban J connectivity index is 1.32. The van der Waals surface area contributed by atoms with Crippen molar-refractivity contribution < 1.29 is 9.59 Å². The molecule has 1 atom stereocenters. The van der Waals surface area contributed by atoms with Crippen molar-refractivity contribution in [2.75, 3.05) is 39.3 Å². The molecular weight excluding hydrogens is 360 g/mol. The molecule has 0 aliphatic carbocycles. The van der Waals surface area contributed by atoms with Crippen molar-refractivity contribution >= 4 is 23.2 Å². The summed E-state index contributed by atoms with van der Waals surface area (Å²) in [5.74, 6) is 0.264. The molecule has 2 aliphatic heterocycles. The van der Waals surface area contributed by atoms with Gasteiger partial charge in [-0.2, -0.15) is 0 Å². The van der Waals surface area contributed by atoms with Gasteiger partial charge in [0.15, 0.2) is 0 Å². The quantitative estimate of drug-likeness (QED) is 0.810. The van der Waals surface area contributed by atoms with E-state index in [0.29, 0.717) is 38.8 Å². The molecule has 2 aromatic heterocycles. The van der Waals surface area contributed by atoms with Gasteiger partial charge in [-0.15, -0.1) is 11.3 Å². The van der Waals surface area contributed by atoms with E-state index in [2.05, 4.69) is 34.8 Å². The predicted octanol–water partition coefficient (Wildman–Crippen LogP) is 2.21. The number of piperazine rings is 1. The molecule has 7 heteroatoms. The number of thiophene rings is 1. The second-order valence-corrected chi connectivity index (χ2v) is 8.27. The lowest BCUT2D eigenvalue weighted by atomic mass is 10.1. The zero-order valence-electron chi connectivity index (χ0n) is 15.7. The first-order valence-corrected chi connectivity index (χ1v) is 10.5. The number of likely N-dealkylation sites (tertiary alicyclic amines) is 1. The van der Waals surface area contributed by atoms with Gasteiger partial charge in [0, 0.05) is 45.1 Å². The molecule has 4 rings (SSSR count). The number of amides is 2. The number of aryl methyl sites for hydroxylation is 1. The molecule has 0 aromatic carbocycles. The summed E-state index contributed by atoms with van der Waals surface area (Å²) in [5, 5.41) is 1.92. The van der Waals surface area contributed by atoms with Gasteiger partial charge in [-0.3, -0.25) is 14.5 Å². The van der Waals surface area contributed by atoms with Crippen LogP contribution in [0.1, 0.15) is 34.2 Å². The molecule has 0 saturated carbocycles. The van der Waals surface area contributed by atoms with Gasteiger partial charge in [0.2, 0.25) is 5.91 Å². The largest absolute Gasteiger partial charge is 0.353 e. The Bertz CT molecular complexity index is 793. The Labute approximate surface area is 164 Å². The molecule has 6 nitrogen and oxygen atoms in total. The summed E-state index contributed by atoms with van der Waals surface area (Å²) >= 11 is 1.47. The van der Waals surface area contributed by atoms with Gasteiger partial charge in [0.1, 0.15) is 0 Å². The second kappa shape index (κ2) is 7.86. The van der Waals surface area contributed by atoms with Crippen molar-refractivity contribution in [2.24, 2.45) is 7.05 Å². The van der Waals surface area contributed by atoms with Gasteiger partial charge < -0.3 is 14.4 Å². The monoisotopic (exact) mass is 386 g/mol. The topological polar surface area (TPSA) is 48.8 Å². The normalized spacial score (nSPS) is 21.0. The van der Waals surface area contributed by atoms with Crippen molar-refractivity contribution in [1.29, 1.82) is 0 Å². The Hall–Kier alpha value is -2.12. The highest BCUT2D eigenvalue weighted by atomic mass is 32.1. The highest BCUT2D eigenvalue weighted by Gasteiger charge is 2.31. The van der Waals surface area contributed by atoms with Crippen molar-refractivity contribution in [1.82, 2.24) is 19.3 Å². The SMILES string of the molecule is Cn1cccc1[C@H]1CCCN1CC(=O)N1CCN(C(=O)c2cccs2)CC1. The first-order valence-electron chi connectivity index (χ1n) is 9.59. The van der Waals surface area contributed by atoms with Crippen molar-refractivity contribution in [3.63, 3.8) is 0 Å². The zero-order chi connectivity index (χ0) is 18.8. The van der Waals surface area contributed by atoms with Gasteiger partial charge in [0.25, 0.3) is 5.91 Å². The van der Waals surface area contributed by atoms with E-state index in [4.69, 9.17) is 0 Å². The van der Waals surface area contributed by atoms with Crippen LogP contribution in [-0.4, -0.2) is 70.3 Å². The van der Waals surface area contributed by atoms with E-state index in [9.17, 15) is 9.59 Å². The molecule has 0 unspecified atom stereocenters. The van der Waals surface area contributed by atoms with Gasteiger partial charge in [-0.05, 0) is 43.0 Å². The molecule has 0 radical (unpaired) electrons. The third kappa shape index (κ3) is 3.80. The molecule has 2 amide bonds. The Morgan fingerprint density at radius 3 is 2.52 bits per heavy atom. The predicted molar refractivity (Wildman–Crippen MR) is 106 cm³/mol. The maximum Gasteiger partial charge on any atom is 0.264 e. The molecule has 2 aliphatic rings. The standard InChI is InChI=1S/C20H26N4O2S/c1-21-8-2-5-16(21)17-6-3-9-24(17)15-19(25)22-10-12-23(13-11-22)20(26)18-7-4-14-27-18/h2,4-5,7-8,14,17H,3,6,9-13,15H2,1H3/t17-/m1/s1. The van der Waals surface area contributed by atoms with Crippen LogP contribution in [0.5, 0.6) is 0 Å². The summed E-state index contributed by atoms with van der Waals surface area (Å²) in [5.41, 5.74) is 1.28. The van der Waals surface area contributed by atoms with Gasteiger partial charge in [-0.25, -0.2) is 0 Å². The molecule has 27 heavy (non-hydrogen) atoms. The lowest BCUT2D eigenvalue weighted by Gasteiger charge is -2.36. The molecule has 2 fully saturated rings. The molecule has 2 saturated heterocycles. The highest BCUT2D eigenvalue weighted by molar-refractivity contribution is 7.12. The number of aromatic nitrogens is 1. The van der Waals surface area contributed by atoms with E-state index in [0.717, 1.165) is 24.3 Å². The number of hydrogen-bond donors (Lipinski definition) is 0. The van der Waals surface area contributed by atoms with Crippen LogP contribution in [0.15, 0.2) is 35.8 Å². The van der Waals surface area contributed by atoms with Crippen molar-refractivity contribution in [2.45, 2.75) is 18.9 Å². The molecule has 144 valence electrons. The maximum absolute atomic E-state index is 12.8. The number of carbonyl (C=O) groups is 2. The number of rotatable bonds is 4. The van der Waals surface area contributed by atoms with Gasteiger partial charge in [0.05, 0.1) is 17.5 Å². The summed E-state index contributed by atoms with van der Waals surface area (Å²) in [4.78, 5) is 32.1.